The summed E-state index contributed by atoms with van der Waals surface area (Å²) in [6, 6.07) is 1.78. The summed E-state index contributed by atoms with van der Waals surface area (Å²) in [5.74, 6) is 0.419. The smallest absolute Gasteiger partial charge is 0.0413 e. The molecule has 0 unspecified atom stereocenters. The van der Waals surface area contributed by atoms with E-state index in [9.17, 15) is 4.48 Å². The maximum atomic E-state index is 12.2. The van der Waals surface area contributed by atoms with Gasteiger partial charge >= 0.3 is 0 Å². The fourth-order valence-corrected chi connectivity index (χ4v) is 0.727. The Labute approximate surface area is 54.0 Å². The number of nitrogens with zero attached hydrogens (tertiary/aromatic N) is 1. The number of hydrogen-bond donors (Lipinski definition) is 0. The van der Waals surface area contributed by atoms with Gasteiger partial charge in [-0.2, -0.15) is 4.79 Å². The molecule has 0 aromatic carbocycles. The van der Waals surface area contributed by atoms with Gasteiger partial charge in [0.25, 0.3) is 0 Å². The van der Waals surface area contributed by atoms with Gasteiger partial charge in [-0.1, -0.05) is 18.3 Å². The first-order valence-corrected chi connectivity index (χ1v) is 3.04. The summed E-state index contributed by atoms with van der Waals surface area (Å²) in [5.41, 5.74) is 1.04. The van der Waals surface area contributed by atoms with Crippen molar-refractivity contribution in [2.24, 2.45) is 0 Å². The Morgan fingerprint density at radius 2 is 2.22 bits per heavy atom. The third-order valence-corrected chi connectivity index (χ3v) is 1.35. The highest BCUT2D eigenvalue weighted by Gasteiger charge is 1.98. The van der Waals surface area contributed by atoms with Gasteiger partial charge in [0.05, 0.1) is 0 Å². The van der Waals surface area contributed by atoms with Gasteiger partial charge in [-0.15, -0.1) is 0 Å². The Balaban J connectivity index is 2.85. The van der Waals surface area contributed by atoms with Crippen LogP contribution >= 0.6 is 0 Å². The van der Waals surface area contributed by atoms with Crippen molar-refractivity contribution in [2.75, 3.05) is 0 Å². The number of halogens is 1. The molecule has 1 heterocycles. The lowest BCUT2D eigenvalue weighted by Crippen LogP contribution is -1.81. The van der Waals surface area contributed by atoms with Gasteiger partial charge in [0.15, 0.2) is 0 Å². The highest BCUT2D eigenvalue weighted by Crippen LogP contribution is 2.13. The molecule has 0 radical (unpaired) electrons. The van der Waals surface area contributed by atoms with E-state index >= 15 is 0 Å². The molecule has 0 aliphatic carbocycles. The summed E-state index contributed by atoms with van der Waals surface area (Å²) in [6.07, 6.45) is 2.90. The van der Waals surface area contributed by atoms with Crippen LogP contribution in [0.4, 0.5) is 4.48 Å². The van der Waals surface area contributed by atoms with E-state index in [4.69, 9.17) is 0 Å². The summed E-state index contributed by atoms with van der Waals surface area (Å²) < 4.78 is 12.2. The second-order valence-corrected chi connectivity index (χ2v) is 2.44. The first-order chi connectivity index (χ1) is 4.20. The minimum atomic E-state index is 0.419. The zero-order chi connectivity index (χ0) is 6.85. The highest BCUT2D eigenvalue weighted by atomic mass is 19.2. The minimum Gasteiger partial charge on any atom is -0.194 e. The van der Waals surface area contributed by atoms with Gasteiger partial charge < -0.3 is 0 Å². The molecular weight excluding hydrogens is 117 g/mol. The lowest BCUT2D eigenvalue weighted by Gasteiger charge is -1.96. The second kappa shape index (κ2) is 2.21. The molecule has 0 amide bonds. The summed E-state index contributed by atoms with van der Waals surface area (Å²) in [7, 11) is 0. The lowest BCUT2D eigenvalue weighted by atomic mass is 10.1. The SMILES string of the molecule is CC(C)c1ccn(F)c1. The topological polar surface area (TPSA) is 4.93 Å². The molecular formula is C7H10FN. The zero-order valence-electron chi connectivity index (χ0n) is 5.63. The van der Waals surface area contributed by atoms with E-state index < -0.39 is 0 Å². The fourth-order valence-electron chi connectivity index (χ4n) is 0.727. The van der Waals surface area contributed by atoms with Crippen molar-refractivity contribution in [1.82, 2.24) is 4.79 Å². The molecule has 0 aliphatic rings. The molecule has 0 spiro atoms. The number of hydrogen-bond acceptors (Lipinski definition) is 0. The van der Waals surface area contributed by atoms with E-state index in [1.807, 2.05) is 13.8 Å². The molecule has 0 N–H and O–H groups in total. The summed E-state index contributed by atoms with van der Waals surface area (Å²) in [4.78, 5) is 0.579. The Morgan fingerprint density at radius 3 is 2.44 bits per heavy atom. The van der Waals surface area contributed by atoms with Gasteiger partial charge in [0.1, 0.15) is 0 Å². The van der Waals surface area contributed by atoms with Crippen molar-refractivity contribution in [2.45, 2.75) is 19.8 Å². The third-order valence-electron chi connectivity index (χ3n) is 1.35. The maximum Gasteiger partial charge on any atom is 0.0413 e. The maximum absolute atomic E-state index is 12.2. The van der Waals surface area contributed by atoms with E-state index in [0.29, 0.717) is 10.7 Å². The van der Waals surface area contributed by atoms with Crippen LogP contribution < -0.4 is 0 Å². The van der Waals surface area contributed by atoms with Gasteiger partial charge in [-0.3, -0.25) is 0 Å². The van der Waals surface area contributed by atoms with Gasteiger partial charge in [0, 0.05) is 12.4 Å². The van der Waals surface area contributed by atoms with Crippen LogP contribution in [-0.2, 0) is 0 Å². The van der Waals surface area contributed by atoms with E-state index in [2.05, 4.69) is 0 Å². The molecule has 9 heavy (non-hydrogen) atoms. The molecule has 0 atom stereocenters. The van der Waals surface area contributed by atoms with Crippen molar-refractivity contribution >= 4 is 0 Å². The van der Waals surface area contributed by atoms with Crippen molar-refractivity contribution in [3.63, 3.8) is 0 Å². The highest BCUT2D eigenvalue weighted by molar-refractivity contribution is 5.13. The van der Waals surface area contributed by atoms with Crippen LogP contribution in [0.2, 0.25) is 0 Å². The van der Waals surface area contributed by atoms with Crippen molar-refractivity contribution in [3.8, 4) is 0 Å². The van der Waals surface area contributed by atoms with Crippen molar-refractivity contribution in [1.29, 1.82) is 0 Å². The molecule has 1 aromatic rings. The molecule has 50 valence electrons. The van der Waals surface area contributed by atoms with E-state index in [0.717, 1.165) is 5.56 Å². The standard InChI is InChI=1S/C7H10FN/c1-6(2)7-3-4-9(8)5-7/h3-6H,1-2H3. The molecule has 2 heteroatoms. The van der Waals surface area contributed by atoms with E-state index in [-0.39, 0.29) is 0 Å². The van der Waals surface area contributed by atoms with Crippen LogP contribution in [0.25, 0.3) is 0 Å². The summed E-state index contributed by atoms with van der Waals surface area (Å²) >= 11 is 0. The predicted molar refractivity (Wildman–Crippen MR) is 35.0 cm³/mol. The Bertz CT molecular complexity index is 191. The van der Waals surface area contributed by atoms with Crippen LogP contribution in [0.15, 0.2) is 18.5 Å². The van der Waals surface area contributed by atoms with Crippen LogP contribution in [-0.4, -0.2) is 4.79 Å². The minimum absolute atomic E-state index is 0.419. The number of rotatable bonds is 1. The lowest BCUT2D eigenvalue weighted by molar-refractivity contribution is 0.370. The predicted octanol–water partition coefficient (Wildman–Crippen LogP) is 2.34. The van der Waals surface area contributed by atoms with Crippen LogP contribution in [0, 0.1) is 0 Å². The first kappa shape index (κ1) is 6.33. The van der Waals surface area contributed by atoms with Gasteiger partial charge in [-0.05, 0) is 17.5 Å². The average Bonchev–Trinajstić information content (AvgIpc) is 2.14. The van der Waals surface area contributed by atoms with Gasteiger partial charge in [-0.25, -0.2) is 0 Å². The largest absolute Gasteiger partial charge is 0.194 e. The van der Waals surface area contributed by atoms with E-state index in [1.54, 1.807) is 6.07 Å². The zero-order valence-corrected chi connectivity index (χ0v) is 5.63. The molecule has 1 aromatic heterocycles. The monoisotopic (exact) mass is 127 g/mol. The van der Waals surface area contributed by atoms with Crippen LogP contribution in [0.3, 0.4) is 0 Å². The summed E-state index contributed by atoms with van der Waals surface area (Å²) in [6.45, 7) is 4.07. The van der Waals surface area contributed by atoms with Gasteiger partial charge in [0.2, 0.25) is 0 Å². The molecule has 0 saturated carbocycles. The van der Waals surface area contributed by atoms with E-state index in [1.165, 1.54) is 12.4 Å². The van der Waals surface area contributed by atoms with Crippen molar-refractivity contribution in [3.05, 3.63) is 24.0 Å². The Morgan fingerprint density at radius 1 is 1.56 bits per heavy atom. The number of aromatic nitrogens is 1. The molecule has 1 rings (SSSR count). The first-order valence-electron chi connectivity index (χ1n) is 3.04. The molecule has 0 aliphatic heterocycles. The third kappa shape index (κ3) is 1.31. The second-order valence-electron chi connectivity index (χ2n) is 2.44. The fraction of sp³-hybridized carbons (Fsp3) is 0.429. The molecule has 1 nitrogen and oxygen atoms in total. The van der Waals surface area contributed by atoms with Crippen molar-refractivity contribution < 1.29 is 4.48 Å². The molecule has 0 bridgehead atoms. The Kier molecular flexibility index (Phi) is 1.56. The normalized spacial score (nSPS) is 10.7. The summed E-state index contributed by atoms with van der Waals surface area (Å²) in [5, 5.41) is 0. The van der Waals surface area contributed by atoms with Crippen LogP contribution in [0.1, 0.15) is 25.3 Å². The molecule has 0 fully saturated rings. The van der Waals surface area contributed by atoms with Crippen LogP contribution in [0.5, 0.6) is 0 Å². The quantitative estimate of drug-likeness (QED) is 0.545. The average molecular weight is 127 g/mol. The Hall–Kier alpha value is -0.790. The molecule has 0 saturated heterocycles.